The molecule has 3 rings (SSSR count). The lowest BCUT2D eigenvalue weighted by atomic mass is 9.91. The van der Waals surface area contributed by atoms with Gasteiger partial charge in [-0.2, -0.15) is 0 Å². The minimum Gasteiger partial charge on any atom is -0.493 e. The van der Waals surface area contributed by atoms with Gasteiger partial charge in [0.15, 0.2) is 11.5 Å². The van der Waals surface area contributed by atoms with E-state index in [4.69, 9.17) is 9.47 Å². The molecule has 10 nitrogen and oxygen atoms in total. The molecule has 2 N–H and O–H groups in total. The van der Waals surface area contributed by atoms with Crippen molar-refractivity contribution < 1.29 is 28.7 Å². The number of carbonyl (C=O) groups is 4. The van der Waals surface area contributed by atoms with Gasteiger partial charge in [0.25, 0.3) is 11.8 Å². The average Bonchev–Trinajstić information content (AvgIpc) is 3.08. The molecule has 0 spiro atoms. The Morgan fingerprint density at radius 1 is 1.00 bits per heavy atom. The Kier molecular flexibility index (Phi) is 7.63. The molecule has 1 unspecified atom stereocenters. The summed E-state index contributed by atoms with van der Waals surface area (Å²) in [6.07, 6.45) is 0. The Bertz CT molecular complexity index is 1130. The van der Waals surface area contributed by atoms with E-state index >= 15 is 0 Å². The highest BCUT2D eigenvalue weighted by Gasteiger charge is 2.49. The lowest BCUT2D eigenvalue weighted by molar-refractivity contribution is -0.133. The molecule has 0 aliphatic carbocycles. The Morgan fingerprint density at radius 3 is 2.20 bits per heavy atom. The van der Waals surface area contributed by atoms with E-state index in [0.717, 1.165) is 4.90 Å². The first-order valence-electron chi connectivity index (χ1n) is 11.2. The van der Waals surface area contributed by atoms with Crippen molar-refractivity contribution in [2.45, 2.75) is 26.3 Å². The molecule has 0 radical (unpaired) electrons. The Labute approximate surface area is 204 Å². The van der Waals surface area contributed by atoms with E-state index in [9.17, 15) is 19.2 Å². The predicted molar refractivity (Wildman–Crippen MR) is 129 cm³/mol. The van der Waals surface area contributed by atoms with Gasteiger partial charge < -0.3 is 25.0 Å². The van der Waals surface area contributed by atoms with E-state index in [1.54, 1.807) is 54.3 Å². The maximum absolute atomic E-state index is 13.2. The Hall–Kier alpha value is -4.08. The van der Waals surface area contributed by atoms with Crippen LogP contribution in [0.4, 0.5) is 10.5 Å². The van der Waals surface area contributed by atoms with Crippen LogP contribution in [0.2, 0.25) is 0 Å². The van der Waals surface area contributed by atoms with Crippen molar-refractivity contribution in [3.05, 3.63) is 53.6 Å². The largest absolute Gasteiger partial charge is 0.493 e. The fourth-order valence-electron chi connectivity index (χ4n) is 3.92. The molecule has 1 atom stereocenters. The molecule has 1 saturated heterocycles. The van der Waals surface area contributed by atoms with Crippen molar-refractivity contribution >= 4 is 29.4 Å². The maximum Gasteiger partial charge on any atom is 0.325 e. The van der Waals surface area contributed by atoms with Gasteiger partial charge in [0.05, 0.1) is 14.2 Å². The zero-order valence-electron chi connectivity index (χ0n) is 20.5. The smallest absolute Gasteiger partial charge is 0.325 e. The van der Waals surface area contributed by atoms with Crippen LogP contribution in [0.1, 0.15) is 36.7 Å². The summed E-state index contributed by atoms with van der Waals surface area (Å²) in [5, 5.41) is 5.32. The number of nitrogens with one attached hydrogen (secondary N) is 2. The number of ether oxygens (including phenoxy) is 2. The molecule has 35 heavy (non-hydrogen) atoms. The standard InChI is InChI=1S/C25H30N4O6/c1-6-28(7-2)22(31)16-8-11-18(12-9-16)26-21(30)15-29-23(32)25(3,27-24(29)33)17-10-13-19(34-4)20(14-17)35-5/h8-14H,6-7,15H2,1-5H3,(H,26,30)(H,27,33). The third-order valence-corrected chi connectivity index (χ3v) is 6.00. The zero-order valence-corrected chi connectivity index (χ0v) is 20.5. The van der Waals surface area contributed by atoms with Gasteiger partial charge in [-0.3, -0.25) is 19.3 Å². The molecule has 2 aromatic carbocycles. The lowest BCUT2D eigenvalue weighted by Gasteiger charge is -2.23. The molecule has 10 heteroatoms. The van der Waals surface area contributed by atoms with E-state index in [1.807, 2.05) is 13.8 Å². The van der Waals surface area contributed by atoms with Gasteiger partial charge in [-0.25, -0.2) is 4.79 Å². The molecule has 1 heterocycles. The molecular weight excluding hydrogens is 452 g/mol. The van der Waals surface area contributed by atoms with Crippen LogP contribution in [0.3, 0.4) is 0 Å². The van der Waals surface area contributed by atoms with E-state index in [0.29, 0.717) is 41.4 Å². The van der Waals surface area contributed by atoms with Crippen molar-refractivity contribution in [3.8, 4) is 11.5 Å². The predicted octanol–water partition coefficient (Wildman–Crippen LogP) is 2.59. The number of rotatable bonds is 9. The van der Waals surface area contributed by atoms with Gasteiger partial charge in [-0.15, -0.1) is 0 Å². The van der Waals surface area contributed by atoms with Crippen LogP contribution >= 0.6 is 0 Å². The van der Waals surface area contributed by atoms with Crippen LogP contribution in [-0.2, 0) is 15.1 Å². The monoisotopic (exact) mass is 482 g/mol. The molecule has 0 saturated carbocycles. The Morgan fingerprint density at radius 2 is 1.63 bits per heavy atom. The van der Waals surface area contributed by atoms with Gasteiger partial charge in [-0.05, 0) is 62.7 Å². The number of hydrogen-bond acceptors (Lipinski definition) is 6. The van der Waals surface area contributed by atoms with Crippen LogP contribution in [0, 0.1) is 0 Å². The van der Waals surface area contributed by atoms with Gasteiger partial charge in [0.1, 0.15) is 12.1 Å². The summed E-state index contributed by atoms with van der Waals surface area (Å²) in [5.41, 5.74) is 0.0701. The number of amides is 5. The van der Waals surface area contributed by atoms with Crippen molar-refractivity contribution in [1.29, 1.82) is 0 Å². The van der Waals surface area contributed by atoms with Crippen molar-refractivity contribution in [2.75, 3.05) is 39.2 Å². The minimum absolute atomic E-state index is 0.0957. The quantitative estimate of drug-likeness (QED) is 0.531. The summed E-state index contributed by atoms with van der Waals surface area (Å²) in [6.45, 7) is 6.11. The van der Waals surface area contributed by atoms with Crippen LogP contribution in [0.5, 0.6) is 11.5 Å². The second kappa shape index (κ2) is 10.5. The molecule has 0 aromatic heterocycles. The summed E-state index contributed by atoms with van der Waals surface area (Å²) in [4.78, 5) is 53.4. The summed E-state index contributed by atoms with van der Waals surface area (Å²) in [6, 6.07) is 10.7. The number of carbonyl (C=O) groups excluding carboxylic acids is 4. The topological polar surface area (TPSA) is 117 Å². The van der Waals surface area contributed by atoms with Crippen molar-refractivity contribution in [3.63, 3.8) is 0 Å². The normalized spacial score (nSPS) is 17.1. The molecule has 1 aliphatic heterocycles. The fraction of sp³-hybridized carbons (Fsp3) is 0.360. The first kappa shape index (κ1) is 25.5. The molecular formula is C25H30N4O6. The third kappa shape index (κ3) is 5.06. The number of imide groups is 1. The molecule has 1 fully saturated rings. The van der Waals surface area contributed by atoms with Crippen LogP contribution in [0.15, 0.2) is 42.5 Å². The summed E-state index contributed by atoms with van der Waals surface area (Å²) in [5.74, 6) is -0.315. The second-order valence-electron chi connectivity index (χ2n) is 8.12. The highest BCUT2D eigenvalue weighted by atomic mass is 16.5. The molecule has 1 aliphatic rings. The number of nitrogens with zero attached hydrogens (tertiary/aromatic N) is 2. The van der Waals surface area contributed by atoms with Gasteiger partial charge in [-0.1, -0.05) is 6.07 Å². The highest BCUT2D eigenvalue weighted by molar-refractivity contribution is 6.10. The SMILES string of the molecule is CCN(CC)C(=O)c1ccc(NC(=O)CN2C(=O)NC(C)(c3ccc(OC)c(OC)c3)C2=O)cc1. The first-order chi connectivity index (χ1) is 16.7. The number of anilines is 1. The summed E-state index contributed by atoms with van der Waals surface area (Å²) < 4.78 is 10.5. The third-order valence-electron chi connectivity index (χ3n) is 6.00. The number of methoxy groups -OCH3 is 2. The minimum atomic E-state index is -1.37. The van der Waals surface area contributed by atoms with Gasteiger partial charge >= 0.3 is 6.03 Å². The van der Waals surface area contributed by atoms with Gasteiger partial charge in [0, 0.05) is 24.3 Å². The number of urea groups is 1. The summed E-state index contributed by atoms with van der Waals surface area (Å²) in [7, 11) is 2.97. The maximum atomic E-state index is 13.2. The molecule has 0 bridgehead atoms. The molecule has 186 valence electrons. The highest BCUT2D eigenvalue weighted by Crippen LogP contribution is 2.35. The van der Waals surface area contributed by atoms with Gasteiger partial charge in [0.2, 0.25) is 5.91 Å². The van der Waals surface area contributed by atoms with Crippen molar-refractivity contribution in [1.82, 2.24) is 15.1 Å². The first-order valence-corrected chi connectivity index (χ1v) is 11.2. The average molecular weight is 483 g/mol. The zero-order chi connectivity index (χ0) is 25.8. The lowest BCUT2D eigenvalue weighted by Crippen LogP contribution is -2.42. The summed E-state index contributed by atoms with van der Waals surface area (Å²) >= 11 is 0. The molecule has 2 aromatic rings. The fourth-order valence-corrected chi connectivity index (χ4v) is 3.92. The number of hydrogen-bond donors (Lipinski definition) is 2. The van der Waals surface area contributed by atoms with Crippen LogP contribution in [0.25, 0.3) is 0 Å². The number of benzene rings is 2. The van der Waals surface area contributed by atoms with E-state index in [-0.39, 0.29) is 5.91 Å². The van der Waals surface area contributed by atoms with Crippen LogP contribution in [-0.4, -0.2) is 67.4 Å². The Balaban J connectivity index is 1.70. The second-order valence-corrected chi connectivity index (χ2v) is 8.12. The van der Waals surface area contributed by atoms with E-state index < -0.39 is 29.9 Å². The van der Waals surface area contributed by atoms with Crippen molar-refractivity contribution in [2.24, 2.45) is 0 Å². The van der Waals surface area contributed by atoms with E-state index in [1.165, 1.54) is 14.2 Å². The molecule has 5 amide bonds. The van der Waals surface area contributed by atoms with Crippen LogP contribution < -0.4 is 20.1 Å². The van der Waals surface area contributed by atoms with E-state index in [2.05, 4.69) is 10.6 Å².